The lowest BCUT2D eigenvalue weighted by molar-refractivity contribution is -0.131. The molecular weight excluding hydrogens is 202 g/mol. The monoisotopic (exact) mass is 227 g/mol. The van der Waals surface area contributed by atoms with Crippen LogP contribution < -0.4 is 11.1 Å². The van der Waals surface area contributed by atoms with Gasteiger partial charge >= 0.3 is 0 Å². The summed E-state index contributed by atoms with van der Waals surface area (Å²) >= 11 is 0. The first-order chi connectivity index (χ1) is 7.41. The Bertz CT molecular complexity index is 247. The minimum absolute atomic E-state index is 0.0125. The first kappa shape index (κ1) is 13.5. The van der Waals surface area contributed by atoms with Crippen LogP contribution in [0.2, 0.25) is 0 Å². The van der Waals surface area contributed by atoms with E-state index in [-0.39, 0.29) is 23.4 Å². The summed E-state index contributed by atoms with van der Waals surface area (Å²) in [6, 6.07) is 0.255. The molecule has 0 aromatic rings. The van der Waals surface area contributed by atoms with E-state index in [1.807, 2.05) is 0 Å². The Kier molecular flexibility index (Phi) is 4.33. The van der Waals surface area contributed by atoms with E-state index in [1.54, 1.807) is 0 Å². The fourth-order valence-electron chi connectivity index (χ4n) is 2.51. The summed E-state index contributed by atoms with van der Waals surface area (Å²) < 4.78 is 0. The van der Waals surface area contributed by atoms with Crippen molar-refractivity contribution in [3.8, 4) is 0 Å². The number of hydrogen-bond donors (Lipinski definition) is 2. The fourth-order valence-corrected chi connectivity index (χ4v) is 2.51. The van der Waals surface area contributed by atoms with Crippen molar-refractivity contribution in [2.75, 3.05) is 19.6 Å². The molecule has 4 heteroatoms. The standard InChI is InChI=1S/C12H25N3O/c1-5-9-11(16)14-6-7-15(9)10(8-13)12(2,3)4/h9-10H,5-8,13H2,1-4H3,(H,14,16). The van der Waals surface area contributed by atoms with Crippen LogP contribution in [0.3, 0.4) is 0 Å². The van der Waals surface area contributed by atoms with Gasteiger partial charge in [-0.1, -0.05) is 27.7 Å². The lowest BCUT2D eigenvalue weighted by atomic mass is 9.84. The van der Waals surface area contributed by atoms with Crippen LogP contribution in [0.25, 0.3) is 0 Å². The largest absolute Gasteiger partial charge is 0.353 e. The summed E-state index contributed by atoms with van der Waals surface area (Å²) in [5, 5.41) is 2.92. The van der Waals surface area contributed by atoms with Crippen molar-refractivity contribution >= 4 is 5.91 Å². The first-order valence-electron chi connectivity index (χ1n) is 6.15. The van der Waals surface area contributed by atoms with Crippen molar-refractivity contribution in [1.29, 1.82) is 0 Å². The molecule has 0 aliphatic carbocycles. The minimum atomic E-state index is -0.0125. The summed E-state index contributed by atoms with van der Waals surface area (Å²) in [6.07, 6.45) is 0.846. The molecule has 1 aliphatic rings. The molecule has 0 aromatic carbocycles. The molecule has 0 bridgehead atoms. The normalized spacial score (nSPS) is 25.3. The van der Waals surface area contributed by atoms with Gasteiger partial charge in [0.2, 0.25) is 5.91 Å². The van der Waals surface area contributed by atoms with Gasteiger partial charge in [-0.3, -0.25) is 9.69 Å². The highest BCUT2D eigenvalue weighted by Crippen LogP contribution is 2.26. The number of rotatable bonds is 3. The minimum Gasteiger partial charge on any atom is -0.353 e. The molecule has 1 saturated heterocycles. The topological polar surface area (TPSA) is 58.4 Å². The Morgan fingerprint density at radius 1 is 1.56 bits per heavy atom. The van der Waals surface area contributed by atoms with Gasteiger partial charge in [-0.15, -0.1) is 0 Å². The highest BCUT2D eigenvalue weighted by Gasteiger charge is 2.37. The van der Waals surface area contributed by atoms with Gasteiger partial charge in [0.05, 0.1) is 6.04 Å². The molecule has 1 aliphatic heterocycles. The van der Waals surface area contributed by atoms with Crippen molar-refractivity contribution in [1.82, 2.24) is 10.2 Å². The third-order valence-electron chi connectivity index (χ3n) is 3.38. The number of nitrogens with zero attached hydrogens (tertiary/aromatic N) is 1. The number of hydrogen-bond acceptors (Lipinski definition) is 3. The highest BCUT2D eigenvalue weighted by molar-refractivity contribution is 5.82. The lowest BCUT2D eigenvalue weighted by Crippen LogP contribution is -2.62. The molecule has 94 valence electrons. The maximum Gasteiger partial charge on any atom is 0.237 e. The van der Waals surface area contributed by atoms with Gasteiger partial charge in [0.25, 0.3) is 0 Å². The van der Waals surface area contributed by atoms with Gasteiger partial charge in [0, 0.05) is 25.7 Å². The van der Waals surface area contributed by atoms with Crippen LogP contribution in [0.5, 0.6) is 0 Å². The summed E-state index contributed by atoms with van der Waals surface area (Å²) in [7, 11) is 0. The van der Waals surface area contributed by atoms with E-state index in [1.165, 1.54) is 0 Å². The van der Waals surface area contributed by atoms with Crippen LogP contribution in [-0.4, -0.2) is 42.5 Å². The lowest BCUT2D eigenvalue weighted by Gasteiger charge is -2.45. The number of nitrogens with two attached hydrogens (primary N) is 1. The molecule has 0 aromatic heterocycles. The van der Waals surface area contributed by atoms with Crippen LogP contribution in [0, 0.1) is 5.41 Å². The van der Waals surface area contributed by atoms with Gasteiger partial charge in [0.1, 0.15) is 0 Å². The van der Waals surface area contributed by atoms with Gasteiger partial charge in [-0.2, -0.15) is 0 Å². The Morgan fingerprint density at radius 2 is 2.19 bits per heavy atom. The van der Waals surface area contributed by atoms with E-state index in [9.17, 15) is 4.79 Å². The zero-order valence-electron chi connectivity index (χ0n) is 10.9. The molecule has 16 heavy (non-hydrogen) atoms. The Balaban J connectivity index is 2.86. The van der Waals surface area contributed by atoms with Crippen molar-refractivity contribution in [2.24, 2.45) is 11.1 Å². The van der Waals surface area contributed by atoms with E-state index in [0.717, 1.165) is 19.5 Å². The van der Waals surface area contributed by atoms with E-state index < -0.39 is 0 Å². The third-order valence-corrected chi connectivity index (χ3v) is 3.38. The summed E-state index contributed by atoms with van der Waals surface area (Å²) in [6.45, 7) is 10.9. The fraction of sp³-hybridized carbons (Fsp3) is 0.917. The molecule has 1 rings (SSSR count). The third kappa shape index (κ3) is 2.74. The molecule has 0 radical (unpaired) electrons. The van der Waals surface area contributed by atoms with Crippen molar-refractivity contribution in [3.63, 3.8) is 0 Å². The van der Waals surface area contributed by atoms with E-state index in [0.29, 0.717) is 6.54 Å². The average Bonchev–Trinajstić information content (AvgIpc) is 2.17. The molecule has 0 spiro atoms. The highest BCUT2D eigenvalue weighted by atomic mass is 16.2. The summed E-state index contributed by atoms with van der Waals surface area (Å²) in [5.74, 6) is 0.149. The molecule has 1 amide bonds. The number of amides is 1. The molecule has 4 nitrogen and oxygen atoms in total. The smallest absolute Gasteiger partial charge is 0.237 e. The molecule has 0 saturated carbocycles. The van der Waals surface area contributed by atoms with Crippen LogP contribution in [0.4, 0.5) is 0 Å². The van der Waals surface area contributed by atoms with Crippen molar-refractivity contribution < 1.29 is 4.79 Å². The first-order valence-corrected chi connectivity index (χ1v) is 6.15. The molecule has 2 unspecified atom stereocenters. The van der Waals surface area contributed by atoms with E-state index in [2.05, 4.69) is 37.9 Å². The Morgan fingerprint density at radius 3 is 2.62 bits per heavy atom. The number of nitrogens with one attached hydrogen (secondary N) is 1. The van der Waals surface area contributed by atoms with Gasteiger partial charge in [0.15, 0.2) is 0 Å². The second kappa shape index (κ2) is 5.15. The summed E-state index contributed by atoms with van der Waals surface area (Å²) in [5.41, 5.74) is 5.99. The van der Waals surface area contributed by atoms with Crippen molar-refractivity contribution in [3.05, 3.63) is 0 Å². The van der Waals surface area contributed by atoms with Crippen LogP contribution >= 0.6 is 0 Å². The zero-order chi connectivity index (χ0) is 12.3. The van der Waals surface area contributed by atoms with Gasteiger partial charge < -0.3 is 11.1 Å². The van der Waals surface area contributed by atoms with E-state index >= 15 is 0 Å². The van der Waals surface area contributed by atoms with Crippen molar-refractivity contribution in [2.45, 2.75) is 46.2 Å². The Hall–Kier alpha value is -0.610. The quantitative estimate of drug-likeness (QED) is 0.741. The predicted molar refractivity (Wildman–Crippen MR) is 66.1 cm³/mol. The number of piperazine rings is 1. The zero-order valence-corrected chi connectivity index (χ0v) is 10.9. The predicted octanol–water partition coefficient (Wildman–Crippen LogP) is 0.570. The maximum atomic E-state index is 11.8. The average molecular weight is 227 g/mol. The second-order valence-electron chi connectivity index (χ2n) is 5.57. The van der Waals surface area contributed by atoms with Crippen LogP contribution in [0.1, 0.15) is 34.1 Å². The second-order valence-corrected chi connectivity index (χ2v) is 5.57. The Labute approximate surface area is 98.6 Å². The van der Waals surface area contributed by atoms with Crippen LogP contribution in [-0.2, 0) is 4.79 Å². The van der Waals surface area contributed by atoms with Gasteiger partial charge in [-0.05, 0) is 11.8 Å². The molecule has 1 heterocycles. The van der Waals surface area contributed by atoms with E-state index in [4.69, 9.17) is 5.73 Å². The molecule has 2 atom stereocenters. The van der Waals surface area contributed by atoms with Gasteiger partial charge in [-0.25, -0.2) is 0 Å². The number of carbonyl (C=O) groups is 1. The maximum absolute atomic E-state index is 11.8. The molecule has 1 fully saturated rings. The molecular formula is C12H25N3O. The SMILES string of the molecule is CCC1C(=O)NCCN1C(CN)C(C)(C)C. The number of carbonyl (C=O) groups excluding carboxylic acids is 1. The molecule has 3 N–H and O–H groups in total. The summed E-state index contributed by atoms with van der Waals surface area (Å²) in [4.78, 5) is 14.1. The van der Waals surface area contributed by atoms with Crippen LogP contribution in [0.15, 0.2) is 0 Å².